The minimum atomic E-state index is -0.758. The van der Waals surface area contributed by atoms with Gasteiger partial charge in [-0.2, -0.15) is 0 Å². The van der Waals surface area contributed by atoms with E-state index < -0.39 is 6.10 Å². The Balaban J connectivity index is 4.27. The van der Waals surface area contributed by atoms with Crippen molar-refractivity contribution in [3.8, 4) is 0 Å². The van der Waals surface area contributed by atoms with Crippen LogP contribution in [0.4, 0.5) is 0 Å². The first-order valence-electron chi connectivity index (χ1n) is 25.5. The van der Waals surface area contributed by atoms with Gasteiger partial charge in [0.25, 0.3) is 0 Å². The van der Waals surface area contributed by atoms with Gasteiger partial charge in [-0.05, 0) is 19.3 Å². The quantitative estimate of drug-likeness (QED) is 0.0346. The highest BCUT2D eigenvalue weighted by atomic mass is 16.6. The van der Waals surface area contributed by atoms with Gasteiger partial charge in [-0.25, -0.2) is 0 Å². The van der Waals surface area contributed by atoms with E-state index in [1.807, 2.05) is 0 Å². The number of carbonyl (C=O) groups is 3. The lowest BCUT2D eigenvalue weighted by Crippen LogP contribution is -2.30. The van der Waals surface area contributed by atoms with Gasteiger partial charge in [0.1, 0.15) is 13.2 Å². The molecule has 0 spiro atoms. The minimum Gasteiger partial charge on any atom is -0.462 e. The van der Waals surface area contributed by atoms with Crippen LogP contribution in [0.3, 0.4) is 0 Å². The first kappa shape index (κ1) is 55.4. The summed E-state index contributed by atoms with van der Waals surface area (Å²) in [6, 6.07) is 0. The summed E-state index contributed by atoms with van der Waals surface area (Å²) in [7, 11) is 0. The maximum atomic E-state index is 12.7. The molecule has 0 aliphatic rings. The fourth-order valence-electron chi connectivity index (χ4n) is 7.74. The SMILES string of the molecule is CCCCCCCCCCCCCCCCCCC(=O)OC[C@H](COC(=O)CCCCCCCCCCCCCC)OC(=O)CCCCCCCCCCCCC. The van der Waals surface area contributed by atoms with E-state index in [1.54, 1.807) is 0 Å². The van der Waals surface area contributed by atoms with Crippen LogP contribution in [0.5, 0.6) is 0 Å². The average Bonchev–Trinajstić information content (AvgIpc) is 3.21. The highest BCUT2D eigenvalue weighted by Gasteiger charge is 2.19. The number of rotatable bonds is 47. The lowest BCUT2D eigenvalue weighted by atomic mass is 10.0. The molecule has 0 rings (SSSR count). The topological polar surface area (TPSA) is 78.9 Å². The highest BCUT2D eigenvalue weighted by molar-refractivity contribution is 5.71. The van der Waals surface area contributed by atoms with Gasteiger partial charge in [0.05, 0.1) is 0 Å². The van der Waals surface area contributed by atoms with Crippen LogP contribution in [-0.4, -0.2) is 37.2 Å². The van der Waals surface area contributed by atoms with Gasteiger partial charge < -0.3 is 14.2 Å². The van der Waals surface area contributed by atoms with E-state index in [2.05, 4.69) is 20.8 Å². The van der Waals surface area contributed by atoms with E-state index in [9.17, 15) is 14.4 Å². The first-order chi connectivity index (χ1) is 28.0. The number of carbonyl (C=O) groups excluding carboxylic acids is 3. The van der Waals surface area contributed by atoms with Crippen LogP contribution >= 0.6 is 0 Å². The molecule has 0 aromatic rings. The second kappa shape index (κ2) is 47.1. The smallest absolute Gasteiger partial charge is 0.306 e. The van der Waals surface area contributed by atoms with E-state index in [0.717, 1.165) is 57.8 Å². The van der Waals surface area contributed by atoms with Crippen LogP contribution in [-0.2, 0) is 28.6 Å². The molecule has 0 amide bonds. The van der Waals surface area contributed by atoms with Crippen molar-refractivity contribution < 1.29 is 28.6 Å². The van der Waals surface area contributed by atoms with E-state index >= 15 is 0 Å². The summed E-state index contributed by atoms with van der Waals surface area (Å²) in [5, 5.41) is 0. The molecule has 0 fully saturated rings. The molecule has 0 unspecified atom stereocenters. The van der Waals surface area contributed by atoms with Crippen molar-refractivity contribution in [2.24, 2.45) is 0 Å². The van der Waals surface area contributed by atoms with E-state index in [1.165, 1.54) is 193 Å². The molecule has 0 bridgehead atoms. The minimum absolute atomic E-state index is 0.0619. The van der Waals surface area contributed by atoms with Crippen molar-refractivity contribution in [2.45, 2.75) is 297 Å². The van der Waals surface area contributed by atoms with Crippen LogP contribution in [0.25, 0.3) is 0 Å². The zero-order valence-electron chi connectivity index (χ0n) is 38.6. The molecular weight excluding hydrogens is 709 g/mol. The molecule has 0 saturated carbocycles. The summed E-state index contributed by atoms with van der Waals surface area (Å²) in [6.07, 6.45) is 49.4. The number of hydrogen-bond acceptors (Lipinski definition) is 6. The molecule has 0 aliphatic carbocycles. The fraction of sp³-hybridized carbons (Fsp3) is 0.941. The lowest BCUT2D eigenvalue weighted by Gasteiger charge is -2.18. The molecule has 0 N–H and O–H groups in total. The van der Waals surface area contributed by atoms with Gasteiger partial charge in [-0.15, -0.1) is 0 Å². The van der Waals surface area contributed by atoms with Crippen molar-refractivity contribution in [1.82, 2.24) is 0 Å². The second-order valence-corrected chi connectivity index (χ2v) is 17.5. The first-order valence-corrected chi connectivity index (χ1v) is 25.5. The number of unbranched alkanes of at least 4 members (excludes halogenated alkanes) is 36. The molecule has 6 heteroatoms. The molecule has 57 heavy (non-hydrogen) atoms. The van der Waals surface area contributed by atoms with Crippen LogP contribution in [0.15, 0.2) is 0 Å². The van der Waals surface area contributed by atoms with Crippen LogP contribution in [0, 0.1) is 0 Å². The van der Waals surface area contributed by atoms with E-state index in [0.29, 0.717) is 19.3 Å². The molecule has 1 atom stereocenters. The Morgan fingerprint density at radius 2 is 0.474 bits per heavy atom. The number of ether oxygens (including phenoxy) is 3. The van der Waals surface area contributed by atoms with Crippen molar-refractivity contribution in [3.63, 3.8) is 0 Å². The third-order valence-corrected chi connectivity index (χ3v) is 11.6. The van der Waals surface area contributed by atoms with Gasteiger partial charge in [-0.1, -0.05) is 252 Å². The molecule has 0 aliphatic heterocycles. The van der Waals surface area contributed by atoms with Crippen LogP contribution in [0.1, 0.15) is 290 Å². The van der Waals surface area contributed by atoms with Crippen LogP contribution in [0.2, 0.25) is 0 Å². The Morgan fingerprint density at radius 1 is 0.281 bits per heavy atom. The summed E-state index contributed by atoms with van der Waals surface area (Å²) in [5.41, 5.74) is 0. The second-order valence-electron chi connectivity index (χ2n) is 17.5. The summed E-state index contributed by atoms with van der Waals surface area (Å²) in [6.45, 7) is 6.67. The van der Waals surface area contributed by atoms with Crippen molar-refractivity contribution in [3.05, 3.63) is 0 Å². The summed E-state index contributed by atoms with van der Waals surface area (Å²) >= 11 is 0. The van der Waals surface area contributed by atoms with Gasteiger partial charge in [0.15, 0.2) is 6.10 Å². The normalized spacial score (nSPS) is 11.8. The largest absolute Gasteiger partial charge is 0.462 e. The Morgan fingerprint density at radius 3 is 0.702 bits per heavy atom. The monoisotopic (exact) mass is 807 g/mol. The number of esters is 3. The molecule has 0 aromatic carbocycles. The summed E-state index contributed by atoms with van der Waals surface area (Å²) in [5.74, 6) is -0.843. The average molecular weight is 807 g/mol. The molecule has 0 heterocycles. The maximum Gasteiger partial charge on any atom is 0.306 e. The molecule has 0 aromatic heterocycles. The molecule has 6 nitrogen and oxygen atoms in total. The summed E-state index contributed by atoms with van der Waals surface area (Å²) in [4.78, 5) is 37.9. The molecular formula is C51H98O6. The maximum absolute atomic E-state index is 12.7. The Kier molecular flexibility index (Phi) is 45.8. The Labute approximate surface area is 355 Å². The number of hydrogen-bond donors (Lipinski definition) is 0. The predicted octanol–water partition coefficient (Wildman–Crippen LogP) is 16.4. The fourth-order valence-corrected chi connectivity index (χ4v) is 7.74. The van der Waals surface area contributed by atoms with Gasteiger partial charge in [0, 0.05) is 19.3 Å². The van der Waals surface area contributed by atoms with E-state index in [-0.39, 0.29) is 31.1 Å². The zero-order chi connectivity index (χ0) is 41.5. The zero-order valence-corrected chi connectivity index (χ0v) is 38.6. The predicted molar refractivity (Wildman–Crippen MR) is 243 cm³/mol. The molecule has 0 saturated heterocycles. The third kappa shape index (κ3) is 45.3. The van der Waals surface area contributed by atoms with Gasteiger partial charge in [0.2, 0.25) is 0 Å². The van der Waals surface area contributed by atoms with Gasteiger partial charge in [-0.3, -0.25) is 14.4 Å². The Bertz CT molecular complexity index is 844. The Hall–Kier alpha value is -1.59. The lowest BCUT2D eigenvalue weighted by molar-refractivity contribution is -0.167. The van der Waals surface area contributed by atoms with Crippen molar-refractivity contribution in [1.29, 1.82) is 0 Å². The van der Waals surface area contributed by atoms with E-state index in [4.69, 9.17) is 14.2 Å². The van der Waals surface area contributed by atoms with Crippen molar-refractivity contribution >= 4 is 17.9 Å². The molecule has 338 valence electrons. The highest BCUT2D eigenvalue weighted by Crippen LogP contribution is 2.17. The van der Waals surface area contributed by atoms with Crippen LogP contribution < -0.4 is 0 Å². The third-order valence-electron chi connectivity index (χ3n) is 11.6. The van der Waals surface area contributed by atoms with Crippen molar-refractivity contribution in [2.75, 3.05) is 13.2 Å². The standard InChI is InChI=1S/C51H98O6/c1-4-7-10-13-16-19-22-24-25-26-27-30-32-35-38-41-44-50(53)56-47-48(57-51(54)45-42-39-36-33-28-21-18-15-12-9-6-3)46-55-49(52)43-40-37-34-31-29-23-20-17-14-11-8-5-2/h48H,4-47H2,1-3H3/t48-/m0/s1. The summed E-state index contributed by atoms with van der Waals surface area (Å²) < 4.78 is 16.8. The molecule has 0 radical (unpaired) electrons. The van der Waals surface area contributed by atoms with Gasteiger partial charge >= 0.3 is 17.9 Å².